The molecule has 11 heteroatoms. The Kier molecular flexibility index (Phi) is 5.49. The third kappa shape index (κ3) is 4.87. The molecule has 1 aromatic rings. The number of halogens is 6. The summed E-state index contributed by atoms with van der Waals surface area (Å²) in [7, 11) is 0. The summed E-state index contributed by atoms with van der Waals surface area (Å²) >= 11 is 0. The van der Waals surface area contributed by atoms with Crippen LogP contribution in [0.3, 0.4) is 0 Å². The summed E-state index contributed by atoms with van der Waals surface area (Å²) in [6, 6.07) is -0.165. The Balaban J connectivity index is 2.20. The van der Waals surface area contributed by atoms with E-state index >= 15 is 0 Å². The van der Waals surface area contributed by atoms with Crippen LogP contribution in [0.2, 0.25) is 0 Å². The first-order valence-electron chi connectivity index (χ1n) is 7.44. The second kappa shape index (κ2) is 7.14. The highest BCUT2D eigenvalue weighted by atomic mass is 19.4. The number of likely N-dealkylation sites (tertiary alicyclic amines) is 1. The van der Waals surface area contributed by atoms with Gasteiger partial charge in [-0.3, -0.25) is 14.5 Å². The van der Waals surface area contributed by atoms with Gasteiger partial charge in [-0.25, -0.2) is 0 Å². The summed E-state index contributed by atoms with van der Waals surface area (Å²) < 4.78 is 76.7. The molecular formula is C15H14F6N2O3. The molecule has 0 radical (unpaired) electrons. The molecule has 1 aromatic carbocycles. The molecule has 0 unspecified atom stereocenters. The maximum Gasteiger partial charge on any atom is 0.416 e. The smallest absolute Gasteiger partial charge is 0.416 e. The Morgan fingerprint density at radius 2 is 1.62 bits per heavy atom. The lowest BCUT2D eigenvalue weighted by Crippen LogP contribution is -2.40. The van der Waals surface area contributed by atoms with Gasteiger partial charge in [0.15, 0.2) is 0 Å². The molecule has 0 aliphatic carbocycles. The molecule has 0 bridgehead atoms. The van der Waals surface area contributed by atoms with Gasteiger partial charge in [0, 0.05) is 5.69 Å². The largest absolute Gasteiger partial charge is 0.480 e. The molecule has 1 atom stereocenters. The number of carbonyl (C=O) groups excluding carboxylic acids is 1. The van der Waals surface area contributed by atoms with E-state index in [2.05, 4.69) is 0 Å². The molecule has 1 amide bonds. The van der Waals surface area contributed by atoms with Gasteiger partial charge >= 0.3 is 18.3 Å². The Morgan fingerprint density at radius 1 is 1.08 bits per heavy atom. The maximum absolute atomic E-state index is 12.8. The van der Waals surface area contributed by atoms with Crippen LogP contribution in [0.4, 0.5) is 32.0 Å². The van der Waals surface area contributed by atoms with Crippen molar-refractivity contribution in [1.82, 2.24) is 4.90 Å². The van der Waals surface area contributed by atoms with E-state index in [0.29, 0.717) is 31.5 Å². The minimum atomic E-state index is -5.02. The highest BCUT2D eigenvalue weighted by molar-refractivity contribution is 5.93. The van der Waals surface area contributed by atoms with Crippen LogP contribution in [0.5, 0.6) is 0 Å². The molecule has 1 saturated heterocycles. The number of amides is 1. The van der Waals surface area contributed by atoms with Crippen molar-refractivity contribution in [2.75, 3.05) is 18.4 Å². The fraction of sp³-hybridized carbons (Fsp3) is 0.467. The molecule has 1 fully saturated rings. The predicted molar refractivity (Wildman–Crippen MR) is 77.3 cm³/mol. The molecule has 5 nitrogen and oxygen atoms in total. The van der Waals surface area contributed by atoms with E-state index in [1.54, 1.807) is 0 Å². The fourth-order valence-electron chi connectivity index (χ4n) is 2.71. The molecule has 2 rings (SSSR count). The van der Waals surface area contributed by atoms with E-state index in [9.17, 15) is 35.9 Å². The number of anilines is 1. The van der Waals surface area contributed by atoms with E-state index in [1.165, 1.54) is 4.90 Å². The molecule has 0 saturated carbocycles. The SMILES string of the molecule is O=C(CN1CCC[C@H]1C(=O)O)Nc1cc(C(F)(F)F)cc(C(F)(F)F)c1. The van der Waals surface area contributed by atoms with Crippen molar-refractivity contribution in [2.45, 2.75) is 31.2 Å². The van der Waals surface area contributed by atoms with E-state index in [4.69, 9.17) is 5.11 Å². The molecule has 1 aliphatic heterocycles. The zero-order valence-electron chi connectivity index (χ0n) is 13.1. The van der Waals surface area contributed by atoms with Crippen LogP contribution in [0.1, 0.15) is 24.0 Å². The molecular weight excluding hydrogens is 370 g/mol. The van der Waals surface area contributed by atoms with Crippen LogP contribution in [0.25, 0.3) is 0 Å². The van der Waals surface area contributed by atoms with E-state index in [-0.39, 0.29) is 6.07 Å². The molecule has 1 heterocycles. The number of benzene rings is 1. The van der Waals surface area contributed by atoms with Crippen LogP contribution in [-0.2, 0) is 21.9 Å². The highest BCUT2D eigenvalue weighted by Crippen LogP contribution is 2.37. The Bertz CT molecular complexity index is 669. The van der Waals surface area contributed by atoms with Crippen molar-refractivity contribution in [3.63, 3.8) is 0 Å². The molecule has 0 aromatic heterocycles. The topological polar surface area (TPSA) is 69.6 Å². The zero-order chi connectivity index (χ0) is 19.7. The summed E-state index contributed by atoms with van der Waals surface area (Å²) in [5, 5.41) is 11.0. The van der Waals surface area contributed by atoms with Crippen LogP contribution < -0.4 is 5.32 Å². The number of carboxylic acid groups (broad SMARTS) is 1. The lowest BCUT2D eigenvalue weighted by molar-refractivity contribution is -0.144. The Morgan fingerprint density at radius 3 is 2.08 bits per heavy atom. The number of nitrogens with one attached hydrogen (secondary N) is 1. The summed E-state index contributed by atoms with van der Waals surface area (Å²) in [6.45, 7) is -0.157. The normalized spacial score (nSPS) is 18.8. The number of aliphatic carboxylic acids is 1. The van der Waals surface area contributed by atoms with Gasteiger partial charge in [-0.05, 0) is 37.6 Å². The van der Waals surface area contributed by atoms with Gasteiger partial charge < -0.3 is 10.4 Å². The molecule has 2 N–H and O–H groups in total. The first kappa shape index (κ1) is 20.0. The van der Waals surface area contributed by atoms with Crippen molar-refractivity contribution < 1.29 is 41.0 Å². The summed E-state index contributed by atoms with van der Waals surface area (Å²) in [5.74, 6) is -2.04. The summed E-state index contributed by atoms with van der Waals surface area (Å²) in [4.78, 5) is 24.3. The number of carboxylic acids is 1. The van der Waals surface area contributed by atoms with Gasteiger partial charge in [-0.1, -0.05) is 0 Å². The lowest BCUT2D eigenvalue weighted by Gasteiger charge is -2.20. The number of alkyl halides is 6. The average molecular weight is 384 g/mol. The van der Waals surface area contributed by atoms with Crippen LogP contribution >= 0.6 is 0 Å². The third-order valence-corrected chi connectivity index (χ3v) is 3.87. The fourth-order valence-corrected chi connectivity index (χ4v) is 2.71. The number of hydrogen-bond acceptors (Lipinski definition) is 3. The van der Waals surface area contributed by atoms with Crippen molar-refractivity contribution in [2.24, 2.45) is 0 Å². The monoisotopic (exact) mass is 384 g/mol. The minimum absolute atomic E-state index is 0.0451. The molecule has 26 heavy (non-hydrogen) atoms. The number of rotatable bonds is 4. The van der Waals surface area contributed by atoms with Gasteiger partial charge in [-0.15, -0.1) is 0 Å². The van der Waals surface area contributed by atoms with Gasteiger partial charge in [0.2, 0.25) is 5.91 Å². The minimum Gasteiger partial charge on any atom is -0.480 e. The van der Waals surface area contributed by atoms with E-state index < -0.39 is 53.6 Å². The predicted octanol–water partition coefficient (Wildman–Crippen LogP) is 3.21. The van der Waals surface area contributed by atoms with Crippen LogP contribution in [-0.4, -0.2) is 41.0 Å². The van der Waals surface area contributed by atoms with Gasteiger partial charge in [-0.2, -0.15) is 26.3 Å². The first-order valence-corrected chi connectivity index (χ1v) is 7.44. The maximum atomic E-state index is 12.8. The van der Waals surface area contributed by atoms with Gasteiger partial charge in [0.05, 0.1) is 17.7 Å². The second-order valence-corrected chi connectivity index (χ2v) is 5.81. The van der Waals surface area contributed by atoms with Crippen molar-refractivity contribution in [1.29, 1.82) is 0 Å². The zero-order valence-corrected chi connectivity index (χ0v) is 13.1. The number of nitrogens with zero attached hydrogens (tertiary/aromatic N) is 1. The lowest BCUT2D eigenvalue weighted by atomic mass is 10.1. The molecule has 144 valence electrons. The molecule has 0 spiro atoms. The Hall–Kier alpha value is -2.30. The first-order chi connectivity index (χ1) is 11.9. The third-order valence-electron chi connectivity index (χ3n) is 3.87. The number of carbonyl (C=O) groups is 2. The molecule has 1 aliphatic rings. The second-order valence-electron chi connectivity index (χ2n) is 5.81. The quantitative estimate of drug-likeness (QED) is 0.783. The van der Waals surface area contributed by atoms with Crippen molar-refractivity contribution in [3.05, 3.63) is 29.3 Å². The average Bonchev–Trinajstić information content (AvgIpc) is 2.93. The van der Waals surface area contributed by atoms with Gasteiger partial charge in [0.25, 0.3) is 0 Å². The Labute approximate surface area is 143 Å². The standard InChI is InChI=1S/C15H14F6N2O3/c16-14(17,18)8-4-9(15(19,20)21)6-10(5-8)22-12(24)7-23-3-1-2-11(23)13(25)26/h4-6,11H,1-3,7H2,(H,22,24)(H,25,26)/t11-/m0/s1. The van der Waals surface area contributed by atoms with E-state index in [1.807, 2.05) is 5.32 Å². The summed E-state index contributed by atoms with van der Waals surface area (Å²) in [5.41, 5.74) is -3.76. The van der Waals surface area contributed by atoms with Crippen molar-refractivity contribution in [3.8, 4) is 0 Å². The van der Waals surface area contributed by atoms with Crippen molar-refractivity contribution >= 4 is 17.6 Å². The van der Waals surface area contributed by atoms with Crippen LogP contribution in [0, 0.1) is 0 Å². The van der Waals surface area contributed by atoms with Crippen LogP contribution in [0.15, 0.2) is 18.2 Å². The van der Waals surface area contributed by atoms with Gasteiger partial charge in [0.1, 0.15) is 6.04 Å². The highest BCUT2D eigenvalue weighted by Gasteiger charge is 2.37. The van der Waals surface area contributed by atoms with E-state index in [0.717, 1.165) is 0 Å². The summed E-state index contributed by atoms with van der Waals surface area (Å²) in [6.07, 6.45) is -9.22. The number of hydrogen-bond donors (Lipinski definition) is 2.